The Morgan fingerprint density at radius 3 is 2.76 bits per heavy atom. The molecule has 0 spiro atoms. The fourth-order valence-electron chi connectivity index (χ4n) is 1.47. The Balaban J connectivity index is 2.16. The van der Waals surface area contributed by atoms with Crippen molar-refractivity contribution in [3.63, 3.8) is 0 Å². The van der Waals surface area contributed by atoms with Crippen molar-refractivity contribution < 1.29 is 4.79 Å². The predicted octanol–water partition coefficient (Wildman–Crippen LogP) is 2.87. The fraction of sp³-hybridized carbons (Fsp3) is 0.333. The second-order valence-corrected chi connectivity index (χ2v) is 6.56. The first-order chi connectivity index (χ1) is 8.08. The molecular formula is C12H14N2OS2. The minimum atomic E-state index is -0.0921. The molecule has 2 aromatic rings. The first-order valence-electron chi connectivity index (χ1n) is 5.31. The zero-order chi connectivity index (χ0) is 12.4. The van der Waals surface area contributed by atoms with Crippen LogP contribution in [0, 0.1) is 0 Å². The molecule has 1 unspecified atom stereocenters. The van der Waals surface area contributed by atoms with Crippen molar-refractivity contribution in [1.82, 2.24) is 9.88 Å². The van der Waals surface area contributed by atoms with E-state index in [4.69, 9.17) is 0 Å². The summed E-state index contributed by atoms with van der Waals surface area (Å²) in [6.07, 6.45) is 0. The molecule has 1 aromatic heterocycles. The van der Waals surface area contributed by atoms with Gasteiger partial charge in [0.15, 0.2) is 4.34 Å². The third-order valence-corrected chi connectivity index (χ3v) is 4.56. The first-order valence-corrected chi connectivity index (χ1v) is 7.01. The van der Waals surface area contributed by atoms with E-state index in [1.165, 1.54) is 16.5 Å². The van der Waals surface area contributed by atoms with Crippen molar-refractivity contribution in [2.75, 3.05) is 14.1 Å². The lowest BCUT2D eigenvalue weighted by Crippen LogP contribution is -2.29. The molecular weight excluding hydrogens is 252 g/mol. The highest BCUT2D eigenvalue weighted by atomic mass is 32.2. The molecule has 0 fully saturated rings. The molecule has 0 aliphatic rings. The Hall–Kier alpha value is -1.07. The van der Waals surface area contributed by atoms with Crippen LogP contribution in [0.3, 0.4) is 0 Å². The van der Waals surface area contributed by atoms with Gasteiger partial charge < -0.3 is 4.90 Å². The van der Waals surface area contributed by atoms with Gasteiger partial charge in [-0.3, -0.25) is 4.79 Å². The molecule has 0 radical (unpaired) electrons. The van der Waals surface area contributed by atoms with Gasteiger partial charge in [0.2, 0.25) is 5.91 Å². The number of benzene rings is 1. The van der Waals surface area contributed by atoms with E-state index in [0.29, 0.717) is 0 Å². The number of hydrogen-bond acceptors (Lipinski definition) is 4. The van der Waals surface area contributed by atoms with E-state index < -0.39 is 0 Å². The topological polar surface area (TPSA) is 33.2 Å². The van der Waals surface area contributed by atoms with Crippen LogP contribution < -0.4 is 0 Å². The summed E-state index contributed by atoms with van der Waals surface area (Å²) in [5, 5.41) is -0.0921. The predicted molar refractivity (Wildman–Crippen MR) is 73.6 cm³/mol. The summed E-state index contributed by atoms with van der Waals surface area (Å²) < 4.78 is 2.12. The average molecular weight is 266 g/mol. The van der Waals surface area contributed by atoms with Crippen LogP contribution >= 0.6 is 23.1 Å². The van der Waals surface area contributed by atoms with Gasteiger partial charge in [0.05, 0.1) is 15.5 Å². The Labute approximate surface area is 109 Å². The highest BCUT2D eigenvalue weighted by Gasteiger charge is 2.18. The van der Waals surface area contributed by atoms with Crippen LogP contribution in [-0.2, 0) is 4.79 Å². The van der Waals surface area contributed by atoms with Gasteiger partial charge in [-0.05, 0) is 19.1 Å². The van der Waals surface area contributed by atoms with Gasteiger partial charge in [0, 0.05) is 14.1 Å². The van der Waals surface area contributed by atoms with E-state index in [1.807, 2.05) is 25.1 Å². The van der Waals surface area contributed by atoms with E-state index in [1.54, 1.807) is 30.3 Å². The van der Waals surface area contributed by atoms with Crippen LogP contribution in [0.25, 0.3) is 10.2 Å². The minimum absolute atomic E-state index is 0.0921. The van der Waals surface area contributed by atoms with Crippen LogP contribution in [0.4, 0.5) is 0 Å². The minimum Gasteiger partial charge on any atom is -0.348 e. The van der Waals surface area contributed by atoms with E-state index >= 15 is 0 Å². The summed E-state index contributed by atoms with van der Waals surface area (Å²) in [6, 6.07) is 8.03. The monoisotopic (exact) mass is 266 g/mol. The molecule has 17 heavy (non-hydrogen) atoms. The number of carbonyl (C=O) groups excluding carboxylic acids is 1. The molecule has 1 aromatic carbocycles. The number of amides is 1. The summed E-state index contributed by atoms with van der Waals surface area (Å²) in [5.41, 5.74) is 1.00. The van der Waals surface area contributed by atoms with Gasteiger partial charge in [-0.15, -0.1) is 11.3 Å². The Morgan fingerprint density at radius 2 is 2.12 bits per heavy atom. The van der Waals surface area contributed by atoms with E-state index in [-0.39, 0.29) is 11.2 Å². The zero-order valence-electron chi connectivity index (χ0n) is 10.0. The number of para-hydroxylation sites is 1. The maximum Gasteiger partial charge on any atom is 0.235 e. The molecule has 2 rings (SSSR count). The van der Waals surface area contributed by atoms with Crippen molar-refractivity contribution >= 4 is 39.2 Å². The Bertz CT molecular complexity index is 503. The van der Waals surface area contributed by atoms with Crippen molar-refractivity contribution in [2.24, 2.45) is 0 Å². The van der Waals surface area contributed by atoms with Crippen molar-refractivity contribution in [3.8, 4) is 0 Å². The molecule has 0 saturated carbocycles. The largest absolute Gasteiger partial charge is 0.348 e. The van der Waals surface area contributed by atoms with Gasteiger partial charge in [0.1, 0.15) is 0 Å². The highest BCUT2D eigenvalue weighted by molar-refractivity contribution is 8.02. The number of thiazole rings is 1. The van der Waals surface area contributed by atoms with Gasteiger partial charge >= 0.3 is 0 Å². The lowest BCUT2D eigenvalue weighted by Gasteiger charge is -2.14. The van der Waals surface area contributed by atoms with E-state index in [0.717, 1.165) is 9.86 Å². The molecule has 1 atom stereocenters. The summed E-state index contributed by atoms with van der Waals surface area (Å²) >= 11 is 3.16. The Kier molecular flexibility index (Phi) is 3.69. The highest BCUT2D eigenvalue weighted by Crippen LogP contribution is 2.32. The summed E-state index contributed by atoms with van der Waals surface area (Å²) in [7, 11) is 3.55. The molecule has 0 aliphatic carbocycles. The van der Waals surface area contributed by atoms with Crippen LogP contribution in [0.2, 0.25) is 0 Å². The van der Waals surface area contributed by atoms with Crippen LogP contribution in [0.5, 0.6) is 0 Å². The Morgan fingerprint density at radius 1 is 1.41 bits per heavy atom. The van der Waals surface area contributed by atoms with E-state index in [2.05, 4.69) is 11.1 Å². The lowest BCUT2D eigenvalue weighted by molar-refractivity contribution is -0.127. The van der Waals surface area contributed by atoms with Crippen molar-refractivity contribution in [1.29, 1.82) is 0 Å². The third kappa shape index (κ3) is 2.79. The molecule has 3 nitrogen and oxygen atoms in total. The number of carbonyl (C=O) groups is 1. The van der Waals surface area contributed by atoms with Crippen molar-refractivity contribution in [2.45, 2.75) is 16.5 Å². The molecule has 0 bridgehead atoms. The number of fused-ring (bicyclic) bond motifs is 1. The molecule has 1 amide bonds. The van der Waals surface area contributed by atoms with Crippen LogP contribution in [0.15, 0.2) is 28.6 Å². The van der Waals surface area contributed by atoms with Gasteiger partial charge in [-0.25, -0.2) is 4.98 Å². The van der Waals surface area contributed by atoms with Crippen LogP contribution in [-0.4, -0.2) is 35.1 Å². The van der Waals surface area contributed by atoms with Gasteiger partial charge in [0.25, 0.3) is 0 Å². The number of hydrogen-bond donors (Lipinski definition) is 0. The number of nitrogens with zero attached hydrogens (tertiary/aromatic N) is 2. The van der Waals surface area contributed by atoms with Crippen molar-refractivity contribution in [3.05, 3.63) is 24.3 Å². The molecule has 90 valence electrons. The van der Waals surface area contributed by atoms with Gasteiger partial charge in [-0.1, -0.05) is 23.9 Å². The number of aromatic nitrogens is 1. The van der Waals surface area contributed by atoms with E-state index in [9.17, 15) is 4.79 Å². The average Bonchev–Trinajstić information content (AvgIpc) is 2.69. The second kappa shape index (κ2) is 5.06. The molecule has 1 heterocycles. The molecule has 0 saturated heterocycles. The first kappa shape index (κ1) is 12.4. The number of rotatable bonds is 3. The standard InChI is InChI=1S/C12H14N2OS2/c1-8(11(15)14(2)3)16-12-13-9-6-4-5-7-10(9)17-12/h4-8H,1-3H3. The summed E-state index contributed by atoms with van der Waals surface area (Å²) in [6.45, 7) is 1.92. The lowest BCUT2D eigenvalue weighted by atomic mass is 10.3. The third-order valence-electron chi connectivity index (χ3n) is 2.34. The molecule has 5 heteroatoms. The number of thioether (sulfide) groups is 1. The molecule has 0 N–H and O–H groups in total. The van der Waals surface area contributed by atoms with Gasteiger partial charge in [-0.2, -0.15) is 0 Å². The van der Waals surface area contributed by atoms with Crippen LogP contribution in [0.1, 0.15) is 6.92 Å². The SMILES string of the molecule is CC(Sc1nc2ccccc2s1)C(=O)N(C)C. The maximum atomic E-state index is 11.7. The summed E-state index contributed by atoms with van der Waals surface area (Å²) in [4.78, 5) is 17.9. The molecule has 0 aliphatic heterocycles. The smallest absolute Gasteiger partial charge is 0.235 e. The zero-order valence-corrected chi connectivity index (χ0v) is 11.6. The second-order valence-electron chi connectivity index (χ2n) is 3.94. The fourth-order valence-corrected chi connectivity index (χ4v) is 3.82. The maximum absolute atomic E-state index is 11.7. The normalized spacial score (nSPS) is 12.6. The quantitative estimate of drug-likeness (QED) is 0.801. The summed E-state index contributed by atoms with van der Waals surface area (Å²) in [5.74, 6) is 0.120.